The Morgan fingerprint density at radius 3 is 1.64 bits per heavy atom. The fourth-order valence-electron chi connectivity index (χ4n) is 7.78. The van der Waals surface area contributed by atoms with Gasteiger partial charge in [0.15, 0.2) is 0 Å². The molecule has 0 N–H and O–H groups in total. The molecule has 218 valence electrons. The molecule has 9 aromatic carbocycles. The topological polar surface area (TPSA) is 17.8 Å². The van der Waals surface area contributed by atoms with Crippen LogP contribution in [0.5, 0.6) is 0 Å². The lowest BCUT2D eigenvalue weighted by Crippen LogP contribution is -1.99. The molecule has 0 amide bonds. The van der Waals surface area contributed by atoms with Crippen LogP contribution in [0.25, 0.3) is 93.1 Å². The molecule has 0 bridgehead atoms. The lowest BCUT2D eigenvalue weighted by molar-refractivity contribution is 1.11. The third kappa shape index (κ3) is 3.82. The smallest absolute Gasteiger partial charge is 0.146 e. The molecule has 0 aliphatic carbocycles. The first kappa shape index (κ1) is 26.0. The average molecular weight is 597 g/mol. The molecule has 2 nitrogen and oxygen atoms in total. The molecule has 10 aromatic rings. The number of hydrogen-bond donors (Lipinski definition) is 0. The summed E-state index contributed by atoms with van der Waals surface area (Å²) in [6.45, 7) is 0. The molecule has 1 heterocycles. The van der Waals surface area contributed by atoms with E-state index in [9.17, 15) is 0 Å². The Balaban J connectivity index is 1.37. The summed E-state index contributed by atoms with van der Waals surface area (Å²) in [5.74, 6) is 0.950. The normalized spacial score (nSPS) is 11.8. The molecule has 0 atom stereocenters. The van der Waals surface area contributed by atoms with Gasteiger partial charge in [0.1, 0.15) is 5.82 Å². The van der Waals surface area contributed by atoms with Crippen LogP contribution in [0.1, 0.15) is 0 Å². The van der Waals surface area contributed by atoms with Gasteiger partial charge in [0.2, 0.25) is 0 Å². The molecule has 0 aliphatic rings. The first-order valence-electron chi connectivity index (χ1n) is 16.2. The Hall–Kier alpha value is -6.25. The van der Waals surface area contributed by atoms with Gasteiger partial charge >= 0.3 is 0 Å². The average Bonchev–Trinajstić information content (AvgIpc) is 3.52. The van der Waals surface area contributed by atoms with Gasteiger partial charge in [0, 0.05) is 11.3 Å². The van der Waals surface area contributed by atoms with Gasteiger partial charge in [-0.3, -0.25) is 4.57 Å². The Morgan fingerprint density at radius 2 is 0.915 bits per heavy atom. The van der Waals surface area contributed by atoms with Crippen molar-refractivity contribution in [2.24, 2.45) is 0 Å². The van der Waals surface area contributed by atoms with Crippen LogP contribution in [0.15, 0.2) is 170 Å². The summed E-state index contributed by atoms with van der Waals surface area (Å²) in [6.07, 6.45) is 0. The van der Waals surface area contributed by atoms with Crippen molar-refractivity contribution in [1.82, 2.24) is 9.55 Å². The summed E-state index contributed by atoms with van der Waals surface area (Å²) in [5, 5.41) is 12.5. The predicted molar refractivity (Wildman–Crippen MR) is 199 cm³/mol. The minimum atomic E-state index is 0.950. The molecule has 47 heavy (non-hydrogen) atoms. The summed E-state index contributed by atoms with van der Waals surface area (Å²) in [4.78, 5) is 5.34. The van der Waals surface area contributed by atoms with Gasteiger partial charge in [0.05, 0.1) is 11.0 Å². The van der Waals surface area contributed by atoms with Crippen LogP contribution in [0.2, 0.25) is 0 Å². The second kappa shape index (κ2) is 10.1. The van der Waals surface area contributed by atoms with E-state index in [1.807, 2.05) is 0 Å². The summed E-state index contributed by atoms with van der Waals surface area (Å²) < 4.78 is 2.32. The summed E-state index contributed by atoms with van der Waals surface area (Å²) >= 11 is 0. The number of aromatic nitrogens is 2. The molecule has 0 aliphatic heterocycles. The molecule has 2 heteroatoms. The maximum atomic E-state index is 5.34. The van der Waals surface area contributed by atoms with E-state index in [2.05, 4.69) is 174 Å². The molecule has 0 spiro atoms. The summed E-state index contributed by atoms with van der Waals surface area (Å²) in [6, 6.07) is 61.4. The van der Waals surface area contributed by atoms with Crippen molar-refractivity contribution in [3.8, 4) is 28.2 Å². The molecule has 0 radical (unpaired) electrons. The van der Waals surface area contributed by atoms with Crippen LogP contribution < -0.4 is 0 Å². The van der Waals surface area contributed by atoms with Gasteiger partial charge in [-0.25, -0.2) is 4.98 Å². The van der Waals surface area contributed by atoms with Gasteiger partial charge in [-0.2, -0.15) is 0 Å². The SMILES string of the molecule is c1ccc(-n2c(-c3c4ccccc4c(-c4cc5ccc6ccccc6c5c5ccccc45)c4ccccc34)nc3ccccc32)cc1. The molecule has 10 rings (SSSR count). The maximum Gasteiger partial charge on any atom is 0.146 e. The van der Waals surface area contributed by atoms with Crippen molar-refractivity contribution >= 4 is 64.9 Å². The van der Waals surface area contributed by atoms with E-state index in [-0.39, 0.29) is 0 Å². The fraction of sp³-hybridized carbons (Fsp3) is 0. The Morgan fingerprint density at radius 1 is 0.383 bits per heavy atom. The highest BCUT2D eigenvalue weighted by Crippen LogP contribution is 2.47. The monoisotopic (exact) mass is 596 g/mol. The summed E-state index contributed by atoms with van der Waals surface area (Å²) in [5.41, 5.74) is 6.83. The van der Waals surface area contributed by atoms with Crippen molar-refractivity contribution < 1.29 is 0 Å². The van der Waals surface area contributed by atoms with E-state index < -0.39 is 0 Å². The Kier molecular flexibility index (Phi) is 5.61. The molecular formula is C45H28N2. The van der Waals surface area contributed by atoms with Crippen molar-refractivity contribution in [3.63, 3.8) is 0 Å². The molecule has 0 unspecified atom stereocenters. The number of benzene rings is 9. The second-order valence-corrected chi connectivity index (χ2v) is 12.3. The fourth-order valence-corrected chi connectivity index (χ4v) is 7.78. The van der Waals surface area contributed by atoms with E-state index >= 15 is 0 Å². The van der Waals surface area contributed by atoms with Crippen molar-refractivity contribution in [2.45, 2.75) is 0 Å². The Labute approximate surface area is 271 Å². The molecule has 1 aromatic heterocycles. The molecular weight excluding hydrogens is 569 g/mol. The van der Waals surface area contributed by atoms with Crippen molar-refractivity contribution in [3.05, 3.63) is 170 Å². The van der Waals surface area contributed by atoms with E-state index in [0.717, 1.165) is 28.1 Å². The van der Waals surface area contributed by atoms with E-state index in [0.29, 0.717) is 0 Å². The largest absolute Gasteiger partial charge is 0.292 e. The van der Waals surface area contributed by atoms with Gasteiger partial charge in [-0.05, 0) is 95.3 Å². The van der Waals surface area contributed by atoms with Crippen LogP contribution in [-0.2, 0) is 0 Å². The second-order valence-electron chi connectivity index (χ2n) is 12.3. The number of imidazole rings is 1. The highest BCUT2D eigenvalue weighted by molar-refractivity contribution is 6.28. The van der Waals surface area contributed by atoms with Crippen molar-refractivity contribution in [1.29, 1.82) is 0 Å². The zero-order valence-electron chi connectivity index (χ0n) is 25.6. The maximum absolute atomic E-state index is 5.34. The number of para-hydroxylation sites is 3. The molecule has 0 saturated carbocycles. The minimum absolute atomic E-state index is 0.950. The van der Waals surface area contributed by atoms with Crippen LogP contribution in [0.3, 0.4) is 0 Å². The number of hydrogen-bond acceptors (Lipinski definition) is 1. The van der Waals surface area contributed by atoms with Crippen LogP contribution >= 0.6 is 0 Å². The third-order valence-corrected chi connectivity index (χ3v) is 9.75. The van der Waals surface area contributed by atoms with Crippen molar-refractivity contribution in [2.75, 3.05) is 0 Å². The summed E-state index contributed by atoms with van der Waals surface area (Å²) in [7, 11) is 0. The van der Waals surface area contributed by atoms with Gasteiger partial charge in [0.25, 0.3) is 0 Å². The zero-order valence-corrected chi connectivity index (χ0v) is 25.6. The predicted octanol–water partition coefficient (Wildman–Crippen LogP) is 12.1. The third-order valence-electron chi connectivity index (χ3n) is 9.75. The van der Waals surface area contributed by atoms with E-state index in [1.165, 1.54) is 65.0 Å². The van der Waals surface area contributed by atoms with Crippen LogP contribution in [-0.4, -0.2) is 9.55 Å². The minimum Gasteiger partial charge on any atom is -0.292 e. The highest BCUT2D eigenvalue weighted by atomic mass is 15.1. The first-order valence-corrected chi connectivity index (χ1v) is 16.2. The standard InChI is InChI=1S/C45H28N2/c1-2-15-31(16-3-1)47-41-25-13-12-24-40(41)46-45(47)44-37-22-10-8-20-35(37)43(36-21-9-11-23-38(36)44)39-28-30-27-26-29-14-4-5-17-32(29)42(30)34-19-7-6-18-33(34)39/h1-28H. The highest BCUT2D eigenvalue weighted by Gasteiger charge is 2.23. The number of rotatable bonds is 3. The molecule has 0 saturated heterocycles. The number of nitrogens with zero attached hydrogens (tertiary/aromatic N) is 2. The lowest BCUT2D eigenvalue weighted by Gasteiger charge is -2.20. The van der Waals surface area contributed by atoms with E-state index in [1.54, 1.807) is 0 Å². The number of fused-ring (bicyclic) bond motifs is 8. The van der Waals surface area contributed by atoms with Crippen LogP contribution in [0.4, 0.5) is 0 Å². The first-order chi connectivity index (χ1) is 23.3. The Bertz CT molecular complexity index is 2790. The van der Waals surface area contributed by atoms with Crippen LogP contribution in [0, 0.1) is 0 Å². The van der Waals surface area contributed by atoms with Gasteiger partial charge < -0.3 is 0 Å². The zero-order chi connectivity index (χ0) is 30.9. The van der Waals surface area contributed by atoms with Gasteiger partial charge in [-0.1, -0.05) is 140 Å². The van der Waals surface area contributed by atoms with E-state index in [4.69, 9.17) is 4.98 Å². The molecule has 0 fully saturated rings. The van der Waals surface area contributed by atoms with Gasteiger partial charge in [-0.15, -0.1) is 0 Å². The lowest BCUT2D eigenvalue weighted by atomic mass is 9.84. The quantitative estimate of drug-likeness (QED) is 0.147.